The minimum Gasteiger partial charge on any atom is -0.464 e. The van der Waals surface area contributed by atoms with Crippen LogP contribution >= 0.6 is 0 Å². The summed E-state index contributed by atoms with van der Waals surface area (Å²) in [5.41, 5.74) is 1.70. The molecule has 0 radical (unpaired) electrons. The van der Waals surface area contributed by atoms with E-state index in [0.717, 1.165) is 6.42 Å². The molecule has 0 spiro atoms. The zero-order valence-electron chi connectivity index (χ0n) is 16.9. The zero-order valence-corrected chi connectivity index (χ0v) is 16.9. The van der Waals surface area contributed by atoms with Gasteiger partial charge in [-0.05, 0) is 37.3 Å². The highest BCUT2D eigenvalue weighted by molar-refractivity contribution is 5.82. The topological polar surface area (TPSA) is 70.0 Å². The number of aliphatic hydroxyl groups excluding tert-OH is 2. The highest BCUT2D eigenvalue weighted by Gasteiger charge is 2.52. The fourth-order valence-electron chi connectivity index (χ4n) is 3.98. The van der Waals surface area contributed by atoms with Crippen molar-refractivity contribution in [1.82, 2.24) is 4.90 Å². The van der Waals surface area contributed by atoms with Crippen molar-refractivity contribution in [3.63, 3.8) is 0 Å². The Labute approximate surface area is 166 Å². The van der Waals surface area contributed by atoms with Crippen LogP contribution in [0.5, 0.6) is 0 Å². The molecule has 2 aromatic rings. The summed E-state index contributed by atoms with van der Waals surface area (Å²) in [7, 11) is 0. The molecule has 0 amide bonds. The van der Waals surface area contributed by atoms with Crippen molar-refractivity contribution in [2.75, 3.05) is 6.61 Å². The van der Waals surface area contributed by atoms with E-state index in [4.69, 9.17) is 4.74 Å². The molecule has 5 nitrogen and oxygen atoms in total. The molecular formula is C23H29NO4. The smallest absolute Gasteiger partial charge is 0.331 e. The maximum atomic E-state index is 13.1. The molecule has 5 heteroatoms. The van der Waals surface area contributed by atoms with Crippen molar-refractivity contribution in [3.05, 3.63) is 70.8 Å². The Morgan fingerprint density at radius 2 is 1.61 bits per heavy atom. The van der Waals surface area contributed by atoms with Gasteiger partial charge < -0.3 is 14.9 Å². The number of benzene rings is 2. The first kappa shape index (κ1) is 20.5. The number of ether oxygens (including phenoxy) is 1. The van der Waals surface area contributed by atoms with Gasteiger partial charge in [-0.15, -0.1) is 0 Å². The van der Waals surface area contributed by atoms with Gasteiger partial charge in [0, 0.05) is 11.1 Å². The predicted octanol–water partition coefficient (Wildman–Crippen LogP) is 3.66. The molecule has 1 heterocycles. The second-order valence-corrected chi connectivity index (χ2v) is 7.87. The van der Waals surface area contributed by atoms with Gasteiger partial charge in [0.1, 0.15) is 18.0 Å². The second kappa shape index (κ2) is 8.03. The van der Waals surface area contributed by atoms with Crippen LogP contribution in [-0.2, 0) is 21.5 Å². The average Bonchev–Trinajstić information content (AvgIpc) is 2.93. The van der Waals surface area contributed by atoms with Crippen LogP contribution in [0.25, 0.3) is 0 Å². The lowest BCUT2D eigenvalue weighted by Crippen LogP contribution is -2.51. The van der Waals surface area contributed by atoms with Crippen LogP contribution in [0, 0.1) is 5.92 Å². The molecule has 0 saturated carbocycles. The van der Waals surface area contributed by atoms with Crippen LogP contribution in [0.4, 0.5) is 0 Å². The van der Waals surface area contributed by atoms with Crippen LogP contribution in [0.1, 0.15) is 62.4 Å². The minimum atomic E-state index is -1.34. The lowest BCUT2D eigenvalue weighted by Gasteiger charge is -2.40. The molecule has 150 valence electrons. The third-order valence-corrected chi connectivity index (χ3v) is 5.43. The van der Waals surface area contributed by atoms with E-state index < -0.39 is 24.0 Å². The molecule has 0 saturated heterocycles. The number of nitrogens with zero attached hydrogens (tertiary/aromatic N) is 1. The Balaban J connectivity index is 2.05. The van der Waals surface area contributed by atoms with E-state index in [1.54, 1.807) is 38.1 Å². The van der Waals surface area contributed by atoms with Gasteiger partial charge in [-0.3, -0.25) is 0 Å². The third-order valence-electron chi connectivity index (χ3n) is 5.43. The number of carbonyl (C=O) groups is 1. The molecule has 3 atom stereocenters. The number of carbonyl (C=O) groups excluding carboxylic acids is 1. The maximum absolute atomic E-state index is 13.1. The standard InChI is InChI=1S/C23H29NO4/c1-5-28-22(27)23(4,17-12-10-16(11-13-17)14-15(2)3)24-20(25)18-8-6-7-9-19(18)21(24)26/h6-13,15,20-21,25-26H,5,14H2,1-4H3. The van der Waals surface area contributed by atoms with E-state index in [1.165, 1.54) is 10.5 Å². The normalized spacial score (nSPS) is 21.4. The van der Waals surface area contributed by atoms with Crippen molar-refractivity contribution < 1.29 is 19.7 Å². The van der Waals surface area contributed by atoms with Crippen molar-refractivity contribution >= 4 is 5.97 Å². The van der Waals surface area contributed by atoms with E-state index in [1.807, 2.05) is 24.3 Å². The molecule has 2 aromatic carbocycles. The number of hydrogen-bond acceptors (Lipinski definition) is 5. The molecule has 1 aliphatic heterocycles. The predicted molar refractivity (Wildman–Crippen MR) is 107 cm³/mol. The first-order valence-corrected chi connectivity index (χ1v) is 9.80. The summed E-state index contributed by atoms with van der Waals surface area (Å²) >= 11 is 0. The highest BCUT2D eigenvalue weighted by Crippen LogP contribution is 2.47. The van der Waals surface area contributed by atoms with E-state index in [2.05, 4.69) is 13.8 Å². The highest BCUT2D eigenvalue weighted by atomic mass is 16.5. The molecule has 0 fully saturated rings. The summed E-state index contributed by atoms with van der Waals surface area (Å²) in [6.45, 7) is 7.97. The fourth-order valence-corrected chi connectivity index (χ4v) is 3.98. The van der Waals surface area contributed by atoms with Crippen LogP contribution in [0.2, 0.25) is 0 Å². The van der Waals surface area contributed by atoms with E-state index >= 15 is 0 Å². The van der Waals surface area contributed by atoms with Gasteiger partial charge in [-0.25, -0.2) is 9.69 Å². The summed E-state index contributed by atoms with van der Waals surface area (Å²) in [4.78, 5) is 14.5. The minimum absolute atomic E-state index is 0.215. The van der Waals surface area contributed by atoms with Crippen molar-refractivity contribution in [2.45, 2.75) is 52.1 Å². The van der Waals surface area contributed by atoms with Gasteiger partial charge in [0.05, 0.1) is 6.61 Å². The maximum Gasteiger partial charge on any atom is 0.331 e. The SMILES string of the molecule is CCOC(=O)C(C)(c1ccc(CC(C)C)cc1)N1C(O)c2ccccc2C1O. The average molecular weight is 383 g/mol. The molecule has 0 aromatic heterocycles. The molecular weight excluding hydrogens is 354 g/mol. The Kier molecular flexibility index (Phi) is 5.89. The van der Waals surface area contributed by atoms with Crippen LogP contribution in [-0.4, -0.2) is 27.7 Å². The Morgan fingerprint density at radius 1 is 1.07 bits per heavy atom. The lowest BCUT2D eigenvalue weighted by atomic mass is 9.88. The van der Waals surface area contributed by atoms with Gasteiger partial charge >= 0.3 is 5.97 Å². The number of fused-ring (bicyclic) bond motifs is 1. The quantitative estimate of drug-likeness (QED) is 0.745. The van der Waals surface area contributed by atoms with Crippen molar-refractivity contribution in [3.8, 4) is 0 Å². The summed E-state index contributed by atoms with van der Waals surface area (Å²) in [6.07, 6.45) is -1.29. The summed E-state index contributed by atoms with van der Waals surface area (Å²) < 4.78 is 5.36. The van der Waals surface area contributed by atoms with Gasteiger partial charge in [-0.1, -0.05) is 62.4 Å². The van der Waals surface area contributed by atoms with Crippen molar-refractivity contribution in [1.29, 1.82) is 0 Å². The first-order chi connectivity index (χ1) is 13.3. The molecule has 2 N–H and O–H groups in total. The first-order valence-electron chi connectivity index (χ1n) is 9.80. The van der Waals surface area contributed by atoms with E-state index in [9.17, 15) is 15.0 Å². The van der Waals surface area contributed by atoms with E-state index in [-0.39, 0.29) is 6.61 Å². The van der Waals surface area contributed by atoms with Crippen LogP contribution in [0.15, 0.2) is 48.5 Å². The van der Waals surface area contributed by atoms with E-state index in [0.29, 0.717) is 22.6 Å². The van der Waals surface area contributed by atoms with Gasteiger partial charge in [0.2, 0.25) is 0 Å². The number of aliphatic hydroxyl groups is 2. The van der Waals surface area contributed by atoms with Crippen LogP contribution < -0.4 is 0 Å². The van der Waals surface area contributed by atoms with Crippen LogP contribution in [0.3, 0.4) is 0 Å². The molecule has 1 aliphatic rings. The lowest BCUT2D eigenvalue weighted by molar-refractivity contribution is -0.186. The second-order valence-electron chi connectivity index (χ2n) is 7.87. The Morgan fingerprint density at radius 3 is 2.07 bits per heavy atom. The largest absolute Gasteiger partial charge is 0.464 e. The zero-order chi connectivity index (χ0) is 20.5. The number of esters is 1. The summed E-state index contributed by atoms with van der Waals surface area (Å²) in [5.74, 6) is 0.0246. The fraction of sp³-hybridized carbons (Fsp3) is 0.435. The monoisotopic (exact) mass is 383 g/mol. The summed E-state index contributed by atoms with van der Waals surface area (Å²) in [6, 6.07) is 14.9. The summed E-state index contributed by atoms with van der Waals surface area (Å²) in [5, 5.41) is 21.9. The third kappa shape index (κ3) is 3.46. The van der Waals surface area contributed by atoms with Gasteiger partial charge in [-0.2, -0.15) is 0 Å². The molecule has 3 rings (SSSR count). The molecule has 28 heavy (non-hydrogen) atoms. The van der Waals surface area contributed by atoms with Gasteiger partial charge in [0.25, 0.3) is 0 Å². The molecule has 0 bridgehead atoms. The molecule has 3 unspecified atom stereocenters. The van der Waals surface area contributed by atoms with Crippen molar-refractivity contribution in [2.24, 2.45) is 5.92 Å². The number of rotatable bonds is 6. The molecule has 0 aliphatic carbocycles. The Hall–Kier alpha value is -2.21. The number of hydrogen-bond donors (Lipinski definition) is 2. The Bertz CT molecular complexity index is 804. The van der Waals surface area contributed by atoms with Gasteiger partial charge in [0.15, 0.2) is 0 Å².